The van der Waals surface area contributed by atoms with Gasteiger partial charge in [0.15, 0.2) is 0 Å². The molecule has 3 rings (SSSR count). The van der Waals surface area contributed by atoms with Crippen LogP contribution in [0.3, 0.4) is 0 Å². The summed E-state index contributed by atoms with van der Waals surface area (Å²) in [6.07, 6.45) is 6.84. The summed E-state index contributed by atoms with van der Waals surface area (Å²) >= 11 is 0. The molecule has 0 fully saturated rings. The minimum Gasteiger partial charge on any atom is -0.481 e. The van der Waals surface area contributed by atoms with E-state index in [1.165, 1.54) is 29.4 Å². The number of aromatic amines is 1. The summed E-state index contributed by atoms with van der Waals surface area (Å²) in [7, 11) is 0. The first-order valence-electron chi connectivity index (χ1n) is 7.03. The molecule has 100 valence electrons. The van der Waals surface area contributed by atoms with Gasteiger partial charge in [-0.1, -0.05) is 6.92 Å². The van der Waals surface area contributed by atoms with Crippen molar-refractivity contribution in [1.82, 2.24) is 4.98 Å². The number of nitrogens with one attached hydrogen (secondary N) is 1. The predicted octanol–water partition coefficient (Wildman–Crippen LogP) is 3.31. The molecule has 0 aliphatic heterocycles. The molecular formula is C16H19NO2. The number of aromatic nitrogens is 1. The number of hydrogen-bond acceptors (Lipinski definition) is 1. The van der Waals surface area contributed by atoms with Crippen molar-refractivity contribution in [1.29, 1.82) is 0 Å². The van der Waals surface area contributed by atoms with Gasteiger partial charge < -0.3 is 10.1 Å². The normalized spacial score (nSPS) is 15.6. The van der Waals surface area contributed by atoms with E-state index in [4.69, 9.17) is 0 Å². The van der Waals surface area contributed by atoms with Crippen LogP contribution in [0.2, 0.25) is 0 Å². The number of carbonyl (C=O) groups is 1. The highest BCUT2D eigenvalue weighted by molar-refractivity contribution is 5.85. The first-order valence-corrected chi connectivity index (χ1v) is 7.03. The van der Waals surface area contributed by atoms with Gasteiger partial charge in [0, 0.05) is 17.1 Å². The second-order valence-corrected chi connectivity index (χ2v) is 5.48. The quantitative estimate of drug-likeness (QED) is 0.882. The number of carboxylic acid groups (broad SMARTS) is 1. The Morgan fingerprint density at radius 3 is 2.79 bits per heavy atom. The zero-order valence-electron chi connectivity index (χ0n) is 11.2. The van der Waals surface area contributed by atoms with Gasteiger partial charge in [-0.25, -0.2) is 0 Å². The van der Waals surface area contributed by atoms with Crippen molar-refractivity contribution in [2.75, 3.05) is 0 Å². The third kappa shape index (κ3) is 2.14. The maximum Gasteiger partial charge on any atom is 0.306 e. The van der Waals surface area contributed by atoms with Crippen LogP contribution in [0.4, 0.5) is 0 Å². The van der Waals surface area contributed by atoms with Crippen molar-refractivity contribution in [3.8, 4) is 0 Å². The number of fused-ring (bicyclic) bond motifs is 2. The van der Waals surface area contributed by atoms with Crippen molar-refractivity contribution < 1.29 is 9.90 Å². The monoisotopic (exact) mass is 257 g/mol. The molecule has 3 nitrogen and oxygen atoms in total. The highest BCUT2D eigenvalue weighted by atomic mass is 16.4. The molecule has 1 aromatic carbocycles. The van der Waals surface area contributed by atoms with Crippen molar-refractivity contribution in [3.05, 3.63) is 35.0 Å². The maximum atomic E-state index is 11.2. The van der Waals surface area contributed by atoms with E-state index in [0.29, 0.717) is 12.8 Å². The molecule has 1 aliphatic carbocycles. The third-order valence-electron chi connectivity index (χ3n) is 4.29. The molecule has 1 aromatic heterocycles. The summed E-state index contributed by atoms with van der Waals surface area (Å²) in [5, 5.41) is 10.4. The van der Waals surface area contributed by atoms with E-state index in [-0.39, 0.29) is 5.92 Å². The largest absolute Gasteiger partial charge is 0.481 e. The van der Waals surface area contributed by atoms with Crippen LogP contribution < -0.4 is 0 Å². The molecule has 1 unspecified atom stereocenters. The van der Waals surface area contributed by atoms with Gasteiger partial charge in [-0.05, 0) is 60.9 Å². The molecule has 2 aromatic rings. The molecule has 1 atom stereocenters. The first kappa shape index (κ1) is 12.3. The van der Waals surface area contributed by atoms with Crippen LogP contribution in [0, 0.1) is 5.92 Å². The van der Waals surface area contributed by atoms with Crippen LogP contribution in [0.5, 0.6) is 0 Å². The lowest BCUT2D eigenvalue weighted by atomic mass is 9.95. The minimum absolute atomic E-state index is 0.285. The van der Waals surface area contributed by atoms with Crippen LogP contribution in [-0.2, 0) is 24.1 Å². The van der Waals surface area contributed by atoms with Gasteiger partial charge in [0.25, 0.3) is 0 Å². The van der Waals surface area contributed by atoms with E-state index in [2.05, 4.69) is 17.1 Å². The standard InChI is InChI=1S/C16H19NO2/c1-2-10(16(18)19)6-13-9-17-15-8-12-5-3-4-11(12)7-14(13)15/h7-10,17H,2-6H2,1H3,(H,18,19). The van der Waals surface area contributed by atoms with E-state index >= 15 is 0 Å². The number of H-pyrrole nitrogens is 1. The average Bonchev–Trinajstić information content (AvgIpc) is 2.99. The van der Waals surface area contributed by atoms with Gasteiger partial charge in [0.05, 0.1) is 5.92 Å². The van der Waals surface area contributed by atoms with Crippen molar-refractivity contribution in [2.45, 2.75) is 39.0 Å². The van der Waals surface area contributed by atoms with E-state index in [1.54, 1.807) is 0 Å². The van der Waals surface area contributed by atoms with Crippen LogP contribution in [0.15, 0.2) is 18.3 Å². The van der Waals surface area contributed by atoms with Crippen LogP contribution in [-0.4, -0.2) is 16.1 Å². The molecule has 1 aliphatic rings. The van der Waals surface area contributed by atoms with E-state index in [9.17, 15) is 9.90 Å². The molecule has 3 heteroatoms. The number of carboxylic acids is 1. The second kappa shape index (κ2) is 4.72. The predicted molar refractivity (Wildman–Crippen MR) is 75.4 cm³/mol. The molecular weight excluding hydrogens is 238 g/mol. The van der Waals surface area contributed by atoms with Crippen LogP contribution >= 0.6 is 0 Å². The highest BCUT2D eigenvalue weighted by Crippen LogP contribution is 2.30. The Kier molecular flexibility index (Phi) is 3.05. The maximum absolute atomic E-state index is 11.2. The molecule has 0 saturated carbocycles. The Hall–Kier alpha value is -1.77. The SMILES string of the molecule is CCC(Cc1c[nH]c2cc3c(cc12)CCC3)C(=O)O. The number of aliphatic carboxylic acids is 1. The molecule has 1 heterocycles. The smallest absolute Gasteiger partial charge is 0.306 e. The van der Waals surface area contributed by atoms with E-state index in [0.717, 1.165) is 17.5 Å². The minimum atomic E-state index is -0.696. The summed E-state index contributed by atoms with van der Waals surface area (Å²) in [4.78, 5) is 14.5. The topological polar surface area (TPSA) is 53.1 Å². The zero-order valence-corrected chi connectivity index (χ0v) is 11.2. The summed E-state index contributed by atoms with van der Waals surface area (Å²) in [6, 6.07) is 4.50. The van der Waals surface area contributed by atoms with Crippen LogP contribution in [0.25, 0.3) is 10.9 Å². The molecule has 0 bridgehead atoms. The molecule has 2 N–H and O–H groups in total. The van der Waals surface area contributed by atoms with Crippen molar-refractivity contribution in [2.24, 2.45) is 5.92 Å². The van der Waals surface area contributed by atoms with Gasteiger partial charge >= 0.3 is 5.97 Å². The van der Waals surface area contributed by atoms with Crippen molar-refractivity contribution in [3.63, 3.8) is 0 Å². The summed E-state index contributed by atoms with van der Waals surface area (Å²) in [5.74, 6) is -0.981. The van der Waals surface area contributed by atoms with E-state index < -0.39 is 5.97 Å². The Morgan fingerprint density at radius 2 is 2.11 bits per heavy atom. The van der Waals surface area contributed by atoms with Gasteiger partial charge in [-0.15, -0.1) is 0 Å². The Bertz CT molecular complexity index is 627. The number of hydrogen-bond donors (Lipinski definition) is 2. The average molecular weight is 257 g/mol. The molecule has 0 spiro atoms. The third-order valence-corrected chi connectivity index (χ3v) is 4.29. The highest BCUT2D eigenvalue weighted by Gasteiger charge is 2.19. The fourth-order valence-corrected chi connectivity index (χ4v) is 3.09. The summed E-state index contributed by atoms with van der Waals surface area (Å²) in [6.45, 7) is 1.94. The van der Waals surface area contributed by atoms with Crippen molar-refractivity contribution >= 4 is 16.9 Å². The Labute approximate surface area is 112 Å². The Balaban J connectivity index is 1.98. The number of aryl methyl sites for hydroxylation is 2. The molecule has 0 saturated heterocycles. The van der Waals surface area contributed by atoms with Gasteiger partial charge in [-0.3, -0.25) is 4.79 Å². The first-order chi connectivity index (χ1) is 9.19. The molecule has 0 amide bonds. The Morgan fingerprint density at radius 1 is 1.37 bits per heavy atom. The molecule has 19 heavy (non-hydrogen) atoms. The fourth-order valence-electron chi connectivity index (χ4n) is 3.09. The van der Waals surface area contributed by atoms with Gasteiger partial charge in [-0.2, -0.15) is 0 Å². The lowest BCUT2D eigenvalue weighted by molar-refractivity contribution is -0.141. The second-order valence-electron chi connectivity index (χ2n) is 5.48. The zero-order chi connectivity index (χ0) is 13.4. The molecule has 0 radical (unpaired) electrons. The van der Waals surface area contributed by atoms with Gasteiger partial charge in [0.1, 0.15) is 0 Å². The summed E-state index contributed by atoms with van der Waals surface area (Å²) < 4.78 is 0. The van der Waals surface area contributed by atoms with Gasteiger partial charge in [0.2, 0.25) is 0 Å². The van der Waals surface area contributed by atoms with E-state index in [1.807, 2.05) is 13.1 Å². The number of rotatable bonds is 4. The fraction of sp³-hybridized carbons (Fsp3) is 0.438. The summed E-state index contributed by atoms with van der Waals surface area (Å²) in [5.41, 5.74) is 5.18. The van der Waals surface area contributed by atoms with Crippen LogP contribution in [0.1, 0.15) is 36.5 Å². The lowest BCUT2D eigenvalue weighted by Crippen LogP contribution is -2.15. The number of benzene rings is 1. The lowest BCUT2D eigenvalue weighted by Gasteiger charge is -2.09.